The quantitative estimate of drug-likeness (QED) is 0.917. The molecule has 4 heteroatoms. The lowest BCUT2D eigenvalue weighted by atomic mass is 9.90. The van der Waals surface area contributed by atoms with Crippen LogP contribution < -0.4 is 9.64 Å². The van der Waals surface area contributed by atoms with Crippen LogP contribution in [0.25, 0.3) is 0 Å². The highest BCUT2D eigenvalue weighted by Crippen LogP contribution is 2.42. The predicted octanol–water partition coefficient (Wildman–Crippen LogP) is 3.31. The Kier molecular flexibility index (Phi) is 3.67. The molecule has 1 aliphatic rings. The van der Waals surface area contributed by atoms with Crippen LogP contribution in [0.4, 0.5) is 5.69 Å². The number of carbonyl (C=O) groups is 1. The van der Waals surface area contributed by atoms with E-state index in [2.05, 4.69) is 13.8 Å². The van der Waals surface area contributed by atoms with E-state index in [1.54, 1.807) is 13.8 Å². The van der Waals surface area contributed by atoms with Crippen molar-refractivity contribution < 1.29 is 14.6 Å². The third-order valence-electron chi connectivity index (χ3n) is 4.42. The molecule has 0 radical (unpaired) electrons. The van der Waals surface area contributed by atoms with E-state index in [0.717, 1.165) is 24.3 Å². The number of hydrogen-bond donors (Lipinski definition) is 1. The van der Waals surface area contributed by atoms with E-state index in [4.69, 9.17) is 4.74 Å². The van der Waals surface area contributed by atoms with E-state index in [1.165, 1.54) is 0 Å². The third-order valence-corrected chi connectivity index (χ3v) is 4.42. The zero-order chi connectivity index (χ0) is 15.0. The average Bonchev–Trinajstić information content (AvgIpc) is 2.45. The Morgan fingerprint density at radius 2 is 1.95 bits per heavy atom. The first-order valence-corrected chi connectivity index (χ1v) is 7.15. The second-order valence-electron chi connectivity index (χ2n) is 5.91. The highest BCUT2D eigenvalue weighted by atomic mass is 16.5. The summed E-state index contributed by atoms with van der Waals surface area (Å²) in [5, 5.41) is 9.55. The molecule has 110 valence electrons. The van der Waals surface area contributed by atoms with Crippen LogP contribution in [0.3, 0.4) is 0 Å². The van der Waals surface area contributed by atoms with Crippen LogP contribution >= 0.6 is 0 Å². The van der Waals surface area contributed by atoms with Crippen molar-refractivity contribution in [1.82, 2.24) is 0 Å². The summed E-state index contributed by atoms with van der Waals surface area (Å²) >= 11 is 0. The summed E-state index contributed by atoms with van der Waals surface area (Å²) in [6, 6.07) is 7.68. The smallest absolute Gasteiger partial charge is 0.328 e. The summed E-state index contributed by atoms with van der Waals surface area (Å²) in [6.07, 6.45) is 1.70. The summed E-state index contributed by atoms with van der Waals surface area (Å²) < 4.78 is 6.19. The molecular formula is C16H23NO3. The van der Waals surface area contributed by atoms with Gasteiger partial charge in [0, 0.05) is 0 Å². The Hall–Kier alpha value is -1.71. The largest absolute Gasteiger partial charge is 0.483 e. The fourth-order valence-corrected chi connectivity index (χ4v) is 2.64. The molecule has 0 atom stereocenters. The van der Waals surface area contributed by atoms with E-state index in [9.17, 15) is 9.90 Å². The number of rotatable bonds is 4. The molecule has 2 rings (SSSR count). The van der Waals surface area contributed by atoms with E-state index < -0.39 is 11.5 Å². The molecule has 0 fully saturated rings. The monoisotopic (exact) mass is 277 g/mol. The number of hydrogen-bond acceptors (Lipinski definition) is 3. The summed E-state index contributed by atoms with van der Waals surface area (Å²) in [4.78, 5) is 13.6. The van der Waals surface area contributed by atoms with Gasteiger partial charge in [-0.1, -0.05) is 26.0 Å². The minimum atomic E-state index is -0.963. The van der Waals surface area contributed by atoms with Gasteiger partial charge < -0.3 is 14.7 Å². The van der Waals surface area contributed by atoms with Gasteiger partial charge in [-0.05, 0) is 38.8 Å². The van der Waals surface area contributed by atoms with Gasteiger partial charge >= 0.3 is 5.97 Å². The van der Waals surface area contributed by atoms with Crippen LogP contribution in [0.15, 0.2) is 24.3 Å². The summed E-state index contributed by atoms with van der Waals surface area (Å²) in [5.74, 6) is -0.0490. The Morgan fingerprint density at radius 3 is 2.50 bits per heavy atom. The molecule has 0 unspecified atom stereocenters. The summed E-state index contributed by atoms with van der Waals surface area (Å²) in [6.45, 7) is 8.25. The molecule has 1 aromatic rings. The third kappa shape index (κ3) is 2.23. The molecule has 0 amide bonds. The number of benzene rings is 1. The first-order valence-electron chi connectivity index (χ1n) is 7.15. The van der Waals surface area contributed by atoms with Gasteiger partial charge in [-0.25, -0.2) is 4.79 Å². The Bertz CT molecular complexity index is 506. The molecule has 0 aliphatic carbocycles. The van der Waals surface area contributed by atoms with Gasteiger partial charge in [0.15, 0.2) is 0 Å². The standard InChI is InChI=1S/C16H23NO3/c1-5-16(6-2)11-17(15(3,4)14(18)19)12-9-7-8-10-13(12)20-16/h7-10H,5-6,11H2,1-4H3,(H,18,19). The molecular weight excluding hydrogens is 254 g/mol. The Morgan fingerprint density at radius 1 is 1.35 bits per heavy atom. The number of para-hydroxylation sites is 2. The van der Waals surface area contributed by atoms with Crippen molar-refractivity contribution >= 4 is 11.7 Å². The molecule has 1 N–H and O–H groups in total. The molecule has 1 aliphatic heterocycles. The molecule has 0 bridgehead atoms. The summed E-state index contributed by atoms with van der Waals surface area (Å²) in [7, 11) is 0. The normalized spacial score (nSPS) is 17.3. The Balaban J connectivity index is 2.53. The van der Waals surface area contributed by atoms with Crippen molar-refractivity contribution in [3.05, 3.63) is 24.3 Å². The minimum Gasteiger partial charge on any atom is -0.483 e. The SMILES string of the molecule is CCC1(CC)CN(C(C)(C)C(=O)O)c2ccccc2O1. The van der Waals surface area contributed by atoms with Crippen molar-refractivity contribution in [3.8, 4) is 5.75 Å². The van der Waals surface area contributed by atoms with Gasteiger partial charge in [-0.2, -0.15) is 0 Å². The van der Waals surface area contributed by atoms with Gasteiger partial charge in [0.05, 0.1) is 12.2 Å². The van der Waals surface area contributed by atoms with Gasteiger partial charge in [0.1, 0.15) is 16.9 Å². The molecule has 0 saturated heterocycles. The zero-order valence-corrected chi connectivity index (χ0v) is 12.6. The van der Waals surface area contributed by atoms with Gasteiger partial charge in [0.2, 0.25) is 0 Å². The number of nitrogens with zero attached hydrogens (tertiary/aromatic N) is 1. The van der Waals surface area contributed by atoms with E-state index in [0.29, 0.717) is 6.54 Å². The fourth-order valence-electron chi connectivity index (χ4n) is 2.64. The van der Waals surface area contributed by atoms with Crippen LogP contribution in [-0.2, 0) is 4.79 Å². The van der Waals surface area contributed by atoms with Crippen molar-refractivity contribution in [1.29, 1.82) is 0 Å². The molecule has 0 spiro atoms. The van der Waals surface area contributed by atoms with E-state index >= 15 is 0 Å². The van der Waals surface area contributed by atoms with Crippen LogP contribution in [0.2, 0.25) is 0 Å². The maximum atomic E-state index is 11.6. The van der Waals surface area contributed by atoms with Crippen molar-refractivity contribution in [2.24, 2.45) is 0 Å². The molecule has 0 saturated carbocycles. The fraction of sp³-hybridized carbons (Fsp3) is 0.562. The number of aliphatic carboxylic acids is 1. The number of fused-ring (bicyclic) bond motifs is 1. The summed E-state index contributed by atoms with van der Waals surface area (Å²) in [5.41, 5.74) is -0.422. The van der Waals surface area contributed by atoms with Crippen LogP contribution in [0, 0.1) is 0 Å². The van der Waals surface area contributed by atoms with E-state index in [-0.39, 0.29) is 5.60 Å². The molecule has 0 aromatic heterocycles. The molecule has 1 heterocycles. The highest BCUT2D eigenvalue weighted by Gasteiger charge is 2.45. The first kappa shape index (κ1) is 14.7. The van der Waals surface area contributed by atoms with E-state index in [1.807, 2.05) is 29.2 Å². The average molecular weight is 277 g/mol. The topological polar surface area (TPSA) is 49.8 Å². The Labute approximate surface area is 120 Å². The number of ether oxygens (including phenoxy) is 1. The lowest BCUT2D eigenvalue weighted by molar-refractivity contribution is -0.142. The zero-order valence-electron chi connectivity index (χ0n) is 12.6. The second kappa shape index (κ2) is 5.00. The molecule has 20 heavy (non-hydrogen) atoms. The lowest BCUT2D eigenvalue weighted by Gasteiger charge is -2.48. The van der Waals surface area contributed by atoms with Crippen LogP contribution in [-0.4, -0.2) is 28.8 Å². The predicted molar refractivity (Wildman–Crippen MR) is 79.4 cm³/mol. The lowest BCUT2D eigenvalue weighted by Crippen LogP contribution is -2.60. The van der Waals surface area contributed by atoms with Crippen molar-refractivity contribution in [3.63, 3.8) is 0 Å². The van der Waals surface area contributed by atoms with Crippen molar-refractivity contribution in [2.45, 2.75) is 51.7 Å². The van der Waals surface area contributed by atoms with Crippen molar-refractivity contribution in [2.75, 3.05) is 11.4 Å². The van der Waals surface area contributed by atoms with Gasteiger partial charge in [-0.3, -0.25) is 0 Å². The number of carboxylic acids is 1. The highest BCUT2D eigenvalue weighted by molar-refractivity contribution is 5.84. The number of anilines is 1. The maximum absolute atomic E-state index is 11.6. The van der Waals surface area contributed by atoms with Gasteiger partial charge in [0.25, 0.3) is 0 Å². The minimum absolute atomic E-state index is 0.318. The maximum Gasteiger partial charge on any atom is 0.328 e. The van der Waals surface area contributed by atoms with Crippen LogP contribution in [0.1, 0.15) is 40.5 Å². The molecule has 4 nitrogen and oxygen atoms in total. The van der Waals surface area contributed by atoms with Crippen LogP contribution in [0.5, 0.6) is 5.75 Å². The molecule has 1 aromatic carbocycles. The second-order valence-corrected chi connectivity index (χ2v) is 5.91. The van der Waals surface area contributed by atoms with Gasteiger partial charge in [-0.15, -0.1) is 0 Å². The first-order chi connectivity index (χ1) is 9.36. The number of carboxylic acid groups (broad SMARTS) is 1.